The molecule has 0 aromatic rings. The number of aliphatic hydroxyl groups excluding tert-OH is 2. The number of hydrogen-bond acceptors (Lipinski definition) is 13. The van der Waals surface area contributed by atoms with E-state index in [9.17, 15) is 39.0 Å². The van der Waals surface area contributed by atoms with Crippen LogP contribution < -0.4 is 10.6 Å². The van der Waals surface area contributed by atoms with Crippen molar-refractivity contribution < 1.29 is 62.8 Å². The van der Waals surface area contributed by atoms with E-state index in [-0.39, 0.29) is 89.6 Å². The van der Waals surface area contributed by atoms with Gasteiger partial charge in [-0.25, -0.2) is 4.79 Å². The number of carbonyl (C=O) groups is 6. The van der Waals surface area contributed by atoms with Gasteiger partial charge in [-0.3, -0.25) is 24.0 Å². The van der Waals surface area contributed by atoms with Crippen molar-refractivity contribution in [1.29, 1.82) is 0 Å². The number of rotatable bonds is 16. The monoisotopic (exact) mass is 698 g/mol. The van der Waals surface area contributed by atoms with Gasteiger partial charge in [0.25, 0.3) is 11.8 Å². The van der Waals surface area contributed by atoms with Crippen molar-refractivity contribution in [3.8, 4) is 0 Å². The molecule has 0 aromatic carbocycles. The molecule has 0 saturated carbocycles. The molecule has 17 heteroatoms. The average Bonchev–Trinajstić information content (AvgIpc) is 3.66. The summed E-state index contributed by atoms with van der Waals surface area (Å²) in [5.74, 6) is -4.76. The molecule has 0 aliphatic carbocycles. The lowest BCUT2D eigenvalue weighted by atomic mass is 9.94. The van der Waals surface area contributed by atoms with E-state index in [1.54, 1.807) is 0 Å². The summed E-state index contributed by atoms with van der Waals surface area (Å²) in [6.07, 6.45) is -0.213. The van der Waals surface area contributed by atoms with Crippen LogP contribution in [-0.4, -0.2) is 132 Å². The van der Waals surface area contributed by atoms with Gasteiger partial charge in [-0.15, -0.1) is 5.06 Å². The number of carbonyl (C=O) groups excluding carboxylic acids is 6. The molecule has 4 N–H and O–H groups in total. The van der Waals surface area contributed by atoms with Crippen molar-refractivity contribution in [3.63, 3.8) is 0 Å². The van der Waals surface area contributed by atoms with Crippen LogP contribution in [0.25, 0.3) is 0 Å². The Hall–Kier alpha value is -3.22. The molecular weight excluding hydrogens is 648 g/mol. The zero-order chi connectivity index (χ0) is 35.5. The summed E-state index contributed by atoms with van der Waals surface area (Å²) in [4.78, 5) is 81.3. The summed E-state index contributed by atoms with van der Waals surface area (Å²) in [7, 11) is 0. The highest BCUT2D eigenvalue weighted by Gasteiger charge is 2.43. The van der Waals surface area contributed by atoms with Gasteiger partial charge in [0.1, 0.15) is 12.2 Å². The van der Waals surface area contributed by atoms with Gasteiger partial charge >= 0.3 is 5.97 Å². The Bertz CT molecular complexity index is 1120. The quantitative estimate of drug-likeness (QED) is 0.116. The van der Waals surface area contributed by atoms with Crippen LogP contribution >= 0.6 is 0 Å². The van der Waals surface area contributed by atoms with E-state index in [0.29, 0.717) is 24.3 Å². The molecule has 4 fully saturated rings. The first-order valence-corrected chi connectivity index (χ1v) is 17.2. The smallest absolute Gasteiger partial charge is 0.333 e. The number of likely N-dealkylation sites (tertiary alicyclic amines) is 1. The highest BCUT2D eigenvalue weighted by molar-refractivity contribution is 6.01. The normalized spacial score (nSPS) is 30.4. The van der Waals surface area contributed by atoms with Crippen molar-refractivity contribution in [2.24, 2.45) is 11.8 Å². The number of nitrogens with one attached hydrogen (secondary N) is 2. The zero-order valence-electron chi connectivity index (χ0n) is 28.2. The van der Waals surface area contributed by atoms with E-state index in [2.05, 4.69) is 10.6 Å². The van der Waals surface area contributed by atoms with Gasteiger partial charge in [0.2, 0.25) is 17.7 Å². The molecule has 0 unspecified atom stereocenters. The van der Waals surface area contributed by atoms with Crippen molar-refractivity contribution in [3.05, 3.63) is 0 Å². The van der Waals surface area contributed by atoms with Crippen molar-refractivity contribution in [2.75, 3.05) is 39.4 Å². The van der Waals surface area contributed by atoms with Gasteiger partial charge in [-0.05, 0) is 52.4 Å². The average molecular weight is 699 g/mol. The Morgan fingerprint density at radius 3 is 1.71 bits per heavy atom. The van der Waals surface area contributed by atoms with E-state index in [1.165, 1.54) is 4.90 Å². The van der Waals surface area contributed by atoms with E-state index in [4.69, 9.17) is 23.8 Å². The third-order valence-electron chi connectivity index (χ3n) is 9.03. The molecule has 17 nitrogen and oxygen atoms in total. The standard InChI is InChI=1S/C32H50N4O13/c1-19-7-9-23(37)31(47-19)45-15-13-33-29(43)21-17-35(25(39)5-3-4-6-28(42)49-36-26(40)11-12-27(36)41)18-22(21)30(44)34-14-16-46-32-24(38)10-8-20(2)48-32/h19-24,31-32,37-38H,3-18H2,1-2H3,(H,33,43)(H,34,44)/t19-,20-,21-,22+,23-,24-,31+,32+/m0/s1. The summed E-state index contributed by atoms with van der Waals surface area (Å²) in [6.45, 7) is 4.11. The van der Waals surface area contributed by atoms with Crippen LogP contribution in [0.15, 0.2) is 0 Å². The number of unbranched alkanes of at least 4 members (excludes halogenated alkanes) is 1. The van der Waals surface area contributed by atoms with Crippen molar-refractivity contribution in [2.45, 2.75) is 115 Å². The number of hydrogen-bond donors (Lipinski definition) is 4. The van der Waals surface area contributed by atoms with Crippen LogP contribution in [0.3, 0.4) is 0 Å². The molecular formula is C32H50N4O13. The maximum atomic E-state index is 13.3. The van der Waals surface area contributed by atoms with Gasteiger partial charge in [-0.1, -0.05) is 0 Å². The summed E-state index contributed by atoms with van der Waals surface area (Å²) in [5, 5.41) is 26.2. The minimum absolute atomic E-state index is 0.00327. The Labute approximate surface area is 285 Å². The Balaban J connectivity index is 1.24. The van der Waals surface area contributed by atoms with Crippen LogP contribution in [-0.2, 0) is 52.6 Å². The molecule has 4 heterocycles. The Kier molecular flexibility index (Phi) is 14.7. The first-order valence-electron chi connectivity index (χ1n) is 17.2. The van der Waals surface area contributed by atoms with Crippen LogP contribution in [0.5, 0.6) is 0 Å². The number of nitrogens with zero attached hydrogens (tertiary/aromatic N) is 2. The first kappa shape index (κ1) is 38.6. The highest BCUT2D eigenvalue weighted by Crippen LogP contribution is 2.26. The lowest BCUT2D eigenvalue weighted by Crippen LogP contribution is -2.45. The molecule has 49 heavy (non-hydrogen) atoms. The molecule has 4 saturated heterocycles. The number of imide groups is 1. The van der Waals surface area contributed by atoms with E-state index in [0.717, 1.165) is 12.8 Å². The van der Waals surface area contributed by atoms with Gasteiger partial charge in [0, 0.05) is 51.9 Å². The number of ether oxygens (including phenoxy) is 4. The fourth-order valence-electron chi connectivity index (χ4n) is 6.17. The van der Waals surface area contributed by atoms with Crippen LogP contribution in [0.1, 0.15) is 78.1 Å². The van der Waals surface area contributed by atoms with E-state index in [1.807, 2.05) is 13.8 Å². The second-order valence-corrected chi connectivity index (χ2v) is 13.0. The molecule has 4 aliphatic rings. The molecule has 276 valence electrons. The predicted octanol–water partition coefficient (Wildman–Crippen LogP) is -0.734. The minimum Gasteiger partial charge on any atom is -0.388 e. The van der Waals surface area contributed by atoms with Gasteiger partial charge in [-0.2, -0.15) is 0 Å². The Morgan fingerprint density at radius 1 is 0.755 bits per heavy atom. The van der Waals surface area contributed by atoms with E-state index < -0.39 is 66.2 Å². The molecule has 0 bridgehead atoms. The van der Waals surface area contributed by atoms with Crippen molar-refractivity contribution >= 4 is 35.5 Å². The zero-order valence-corrected chi connectivity index (χ0v) is 28.2. The number of aliphatic hydroxyl groups is 2. The molecule has 8 atom stereocenters. The van der Waals surface area contributed by atoms with Crippen LogP contribution in [0.4, 0.5) is 0 Å². The summed E-state index contributed by atoms with van der Waals surface area (Å²) in [6, 6.07) is 0. The molecule has 0 radical (unpaired) electrons. The summed E-state index contributed by atoms with van der Waals surface area (Å²) >= 11 is 0. The number of amides is 5. The van der Waals surface area contributed by atoms with E-state index >= 15 is 0 Å². The molecule has 5 amide bonds. The second-order valence-electron chi connectivity index (χ2n) is 13.0. The van der Waals surface area contributed by atoms with Crippen LogP contribution in [0.2, 0.25) is 0 Å². The predicted molar refractivity (Wildman–Crippen MR) is 166 cm³/mol. The molecule has 4 rings (SSSR count). The molecule has 0 spiro atoms. The van der Waals surface area contributed by atoms with Gasteiger partial charge in [0.15, 0.2) is 12.6 Å². The summed E-state index contributed by atoms with van der Waals surface area (Å²) < 4.78 is 22.5. The maximum Gasteiger partial charge on any atom is 0.333 e. The lowest BCUT2D eigenvalue weighted by molar-refractivity contribution is -0.235. The SMILES string of the molecule is C[C@H]1CC[C@H](O)[C@H](OCCNC(=O)[C@H]2CN(C(=O)CCCCC(=O)ON3C(=O)CCC3=O)C[C@H]2C(=O)NCCO[C@@H]2O[C@@H](C)CC[C@@H]2O)O1. The van der Waals surface area contributed by atoms with Gasteiger partial charge < -0.3 is 49.5 Å². The number of hydroxylamine groups is 2. The topological polar surface area (TPSA) is 220 Å². The highest BCUT2D eigenvalue weighted by atomic mass is 16.7. The minimum atomic E-state index is -0.851. The second kappa shape index (κ2) is 18.7. The van der Waals surface area contributed by atoms with Crippen LogP contribution in [0, 0.1) is 11.8 Å². The third-order valence-corrected chi connectivity index (χ3v) is 9.03. The first-order chi connectivity index (χ1) is 23.4. The largest absolute Gasteiger partial charge is 0.388 e. The molecule has 0 aromatic heterocycles. The lowest BCUT2D eigenvalue weighted by Gasteiger charge is -2.32. The maximum absolute atomic E-state index is 13.3. The molecule has 4 aliphatic heterocycles. The Morgan fingerprint density at radius 2 is 1.22 bits per heavy atom. The third kappa shape index (κ3) is 11.4. The van der Waals surface area contributed by atoms with Crippen molar-refractivity contribution in [1.82, 2.24) is 20.6 Å². The fraction of sp³-hybridized carbons (Fsp3) is 0.812. The fourth-order valence-corrected chi connectivity index (χ4v) is 6.17. The van der Waals surface area contributed by atoms with Gasteiger partial charge in [0.05, 0.1) is 37.3 Å². The summed E-state index contributed by atoms with van der Waals surface area (Å²) in [5.41, 5.74) is 0.